The molecule has 0 radical (unpaired) electrons. The average molecular weight is 735 g/mol. The normalized spacial score (nSPS) is 30.2. The fraction of sp³-hybridized carbons (Fsp3) is 0.333. The Morgan fingerprint density at radius 3 is 2.37 bits per heavy atom. The third kappa shape index (κ3) is 5.15. The van der Waals surface area contributed by atoms with Crippen molar-refractivity contribution >= 4 is 40.7 Å². The summed E-state index contributed by atoms with van der Waals surface area (Å²) in [5.41, 5.74) is 0.182. The van der Waals surface area contributed by atoms with E-state index in [0.717, 1.165) is 19.3 Å². The SMILES string of the molecule is N=C1N=C2C(=NC[NH+]2c2ccccc2[C@@H]2/C=C/OC3(CCCCC3)[C@@H]3O[C@H](Oc4c2cc2c(c4O)C(=O)c4ccccc4C2=O)[C@@H](O)[C@H](O)[C@H]3O)C(=O)N1. The van der Waals surface area contributed by atoms with Gasteiger partial charge in [-0.15, -0.1) is 0 Å². The highest BCUT2D eigenvalue weighted by molar-refractivity contribution is 6.68. The van der Waals surface area contributed by atoms with E-state index in [1.807, 2.05) is 0 Å². The van der Waals surface area contributed by atoms with E-state index in [1.54, 1.807) is 42.5 Å². The molecule has 2 bridgehead atoms. The Labute approximate surface area is 307 Å². The number of aliphatic imine (C=N–C) groups is 2. The van der Waals surface area contributed by atoms with Crippen molar-refractivity contribution in [1.29, 1.82) is 5.41 Å². The molecule has 0 aromatic heterocycles. The number of carbonyl (C=O) groups excluding carboxylic acids is 3. The Morgan fingerprint density at radius 2 is 1.59 bits per heavy atom. The van der Waals surface area contributed by atoms with Gasteiger partial charge < -0.3 is 34.6 Å². The molecular weight excluding hydrogens is 698 g/mol. The molecule has 9 rings (SSSR count). The first-order valence-corrected chi connectivity index (χ1v) is 17.9. The number of quaternary nitrogens is 1. The van der Waals surface area contributed by atoms with Crippen LogP contribution in [0.25, 0.3) is 0 Å². The van der Waals surface area contributed by atoms with Gasteiger partial charge in [-0.2, -0.15) is 4.99 Å². The highest BCUT2D eigenvalue weighted by Gasteiger charge is 2.56. The highest BCUT2D eigenvalue weighted by Crippen LogP contribution is 2.49. The molecule has 15 heteroatoms. The van der Waals surface area contributed by atoms with Crippen LogP contribution in [0.15, 0.2) is 76.9 Å². The molecule has 3 aromatic carbocycles. The van der Waals surface area contributed by atoms with Crippen molar-refractivity contribution in [2.24, 2.45) is 9.98 Å². The second kappa shape index (κ2) is 12.8. The summed E-state index contributed by atoms with van der Waals surface area (Å²) in [4.78, 5) is 50.1. The summed E-state index contributed by atoms with van der Waals surface area (Å²) in [6, 6.07) is 15.0. The van der Waals surface area contributed by atoms with E-state index in [1.165, 1.54) is 24.5 Å². The molecule has 15 nitrogen and oxygen atoms in total. The number of carbonyl (C=O) groups is 3. The van der Waals surface area contributed by atoms with Crippen LogP contribution >= 0.6 is 0 Å². The maximum absolute atomic E-state index is 14.1. The number of benzene rings is 3. The molecule has 1 spiro atoms. The Kier molecular flexibility index (Phi) is 8.09. The van der Waals surface area contributed by atoms with Gasteiger partial charge in [-0.05, 0) is 43.9 Å². The Hall–Kier alpha value is -5.58. The second-order valence-corrected chi connectivity index (χ2v) is 14.3. The maximum Gasteiger partial charge on any atom is 0.284 e. The van der Waals surface area contributed by atoms with Crippen LogP contribution in [-0.4, -0.2) is 98.4 Å². The number of ketones is 2. The summed E-state index contributed by atoms with van der Waals surface area (Å²) in [5, 5.41) is 56.4. The highest BCUT2D eigenvalue weighted by atomic mass is 16.7. The number of nitrogens with zero attached hydrogens (tertiary/aromatic N) is 2. The summed E-state index contributed by atoms with van der Waals surface area (Å²) < 4.78 is 19.3. The largest absolute Gasteiger partial charge is 0.504 e. The number of phenolic OH excluding ortho intramolecular Hbond substituents is 1. The predicted molar refractivity (Wildman–Crippen MR) is 189 cm³/mol. The van der Waals surface area contributed by atoms with E-state index in [4.69, 9.17) is 19.6 Å². The first-order chi connectivity index (χ1) is 26.1. The van der Waals surface area contributed by atoms with Gasteiger partial charge in [0.25, 0.3) is 11.7 Å². The molecule has 7 atom stereocenters. The van der Waals surface area contributed by atoms with Gasteiger partial charge in [0.2, 0.25) is 18.0 Å². The topological polar surface area (TPSA) is 225 Å². The Morgan fingerprint density at radius 1 is 0.870 bits per heavy atom. The van der Waals surface area contributed by atoms with Gasteiger partial charge in [0.1, 0.15) is 35.7 Å². The molecule has 2 aliphatic carbocycles. The zero-order chi connectivity index (χ0) is 37.5. The third-order valence-electron chi connectivity index (χ3n) is 11.3. The minimum absolute atomic E-state index is 0.0735. The number of ether oxygens (including phenoxy) is 3. The number of phenols is 1. The monoisotopic (exact) mass is 734 g/mol. The van der Waals surface area contributed by atoms with Gasteiger partial charge >= 0.3 is 0 Å². The number of nitrogens with one attached hydrogen (secondary N) is 3. The van der Waals surface area contributed by atoms with Gasteiger partial charge in [-0.3, -0.25) is 25.1 Å². The summed E-state index contributed by atoms with van der Waals surface area (Å²) in [6.45, 7) is 0.0735. The smallest absolute Gasteiger partial charge is 0.284 e. The molecule has 276 valence electrons. The summed E-state index contributed by atoms with van der Waals surface area (Å²) >= 11 is 0. The van der Waals surface area contributed by atoms with E-state index < -0.39 is 65.4 Å². The number of allylic oxidation sites excluding steroid dienone is 1. The average Bonchev–Trinajstić information content (AvgIpc) is 3.60. The van der Waals surface area contributed by atoms with E-state index in [9.17, 15) is 34.8 Å². The Bertz CT molecular complexity index is 2240. The van der Waals surface area contributed by atoms with Gasteiger partial charge in [0.05, 0.1) is 11.8 Å². The molecular formula is C39H36N5O10+. The van der Waals surface area contributed by atoms with Crippen molar-refractivity contribution in [3.63, 3.8) is 0 Å². The van der Waals surface area contributed by atoms with Crippen molar-refractivity contribution in [1.82, 2.24) is 5.32 Å². The minimum Gasteiger partial charge on any atom is -0.504 e. The van der Waals surface area contributed by atoms with Gasteiger partial charge in [0, 0.05) is 33.7 Å². The predicted octanol–water partition coefficient (Wildman–Crippen LogP) is 1.12. The van der Waals surface area contributed by atoms with Crippen LogP contribution in [0.2, 0.25) is 0 Å². The van der Waals surface area contributed by atoms with Gasteiger partial charge in [-0.25, -0.2) is 9.89 Å². The number of aliphatic hydroxyl groups is 3. The van der Waals surface area contributed by atoms with Crippen molar-refractivity contribution in [3.8, 4) is 11.5 Å². The van der Waals surface area contributed by atoms with Crippen molar-refractivity contribution in [3.05, 3.63) is 100 Å². The molecule has 6 aliphatic rings. The van der Waals surface area contributed by atoms with Crippen LogP contribution in [0, 0.1) is 5.41 Å². The first-order valence-electron chi connectivity index (χ1n) is 17.9. The lowest BCUT2D eigenvalue weighted by Gasteiger charge is -2.49. The number of para-hydroxylation sites is 1. The molecule has 3 aromatic rings. The Balaban J connectivity index is 1.28. The zero-order valence-corrected chi connectivity index (χ0v) is 28.7. The molecule has 4 heterocycles. The van der Waals surface area contributed by atoms with Crippen LogP contribution in [0.1, 0.15) is 81.0 Å². The summed E-state index contributed by atoms with van der Waals surface area (Å²) in [7, 11) is 0. The number of aliphatic hydroxyl groups excluding tert-OH is 3. The number of amidine groups is 1. The number of fused-ring (bicyclic) bond motifs is 7. The third-order valence-corrected chi connectivity index (χ3v) is 11.3. The number of hydrogen-bond donors (Lipinski definition) is 7. The molecule has 1 saturated heterocycles. The summed E-state index contributed by atoms with van der Waals surface area (Å²) in [5.74, 6) is -3.64. The van der Waals surface area contributed by atoms with Crippen LogP contribution < -0.4 is 15.0 Å². The quantitative estimate of drug-likeness (QED) is 0.155. The first kappa shape index (κ1) is 34.2. The van der Waals surface area contributed by atoms with Gasteiger partial charge in [-0.1, -0.05) is 48.9 Å². The lowest BCUT2D eigenvalue weighted by molar-refractivity contribution is -0.723. The molecule has 1 amide bonds. The molecule has 7 N–H and O–H groups in total. The number of amides is 1. The van der Waals surface area contributed by atoms with Crippen LogP contribution in [0.3, 0.4) is 0 Å². The van der Waals surface area contributed by atoms with E-state index >= 15 is 0 Å². The molecule has 1 saturated carbocycles. The lowest BCUT2D eigenvalue weighted by atomic mass is 9.76. The standard InChI is InChI=1S/C39H35N5O10/c40-38-42-35-26(36(51)43-38)41-17-44(35)24-11-5-4-8-19(24)18-12-15-52-39(13-6-1-7-14-39)34-31(49)30(48)32(50)37(54-34)53-33-22(18)16-23-25(29(33)47)28(46)21-10-3-2-9-20(21)27(23)45/h2-5,8-12,15-16,18,30-32,34,37,47-50H,1,6-7,13-14,17H2,(H2,40,43,51)/p+1/b15-12+/t18-,30+,31+,32-,34+,37-/m0/s1. The van der Waals surface area contributed by atoms with Gasteiger partial charge in [0.15, 0.2) is 29.7 Å². The summed E-state index contributed by atoms with van der Waals surface area (Å²) in [6.07, 6.45) is -1.43. The van der Waals surface area contributed by atoms with Crippen molar-refractivity contribution < 1.29 is 53.9 Å². The number of aromatic hydroxyl groups is 1. The van der Waals surface area contributed by atoms with Crippen LogP contribution in [-0.2, 0) is 14.3 Å². The van der Waals surface area contributed by atoms with E-state index in [-0.39, 0.29) is 57.7 Å². The molecule has 4 aliphatic heterocycles. The maximum atomic E-state index is 14.1. The fourth-order valence-electron chi connectivity index (χ4n) is 8.65. The van der Waals surface area contributed by atoms with Crippen molar-refractivity contribution in [2.75, 3.05) is 6.67 Å². The zero-order valence-electron chi connectivity index (χ0n) is 28.7. The van der Waals surface area contributed by atoms with Crippen LogP contribution in [0.5, 0.6) is 11.5 Å². The fourth-order valence-corrected chi connectivity index (χ4v) is 8.65. The van der Waals surface area contributed by atoms with E-state index in [2.05, 4.69) is 15.3 Å². The molecule has 1 unspecified atom stereocenters. The second-order valence-electron chi connectivity index (χ2n) is 14.3. The molecule has 2 fully saturated rings. The van der Waals surface area contributed by atoms with Crippen molar-refractivity contribution in [2.45, 2.75) is 74.3 Å². The minimum atomic E-state index is -1.80. The number of guanidine groups is 1. The van der Waals surface area contributed by atoms with E-state index in [0.29, 0.717) is 29.0 Å². The number of hydrogen-bond acceptors (Lipinski definition) is 12. The number of rotatable bonds is 2. The van der Waals surface area contributed by atoms with Crippen LogP contribution in [0.4, 0.5) is 5.69 Å². The molecule has 54 heavy (non-hydrogen) atoms. The lowest BCUT2D eigenvalue weighted by Crippen LogP contribution is -3.09.